The maximum absolute atomic E-state index is 12.8. The first kappa shape index (κ1) is 57.7. The molecule has 1 fully saturated rings. The van der Waals surface area contributed by atoms with Crippen molar-refractivity contribution in [3.8, 4) is 0 Å². The van der Waals surface area contributed by atoms with Crippen LogP contribution in [0.1, 0.15) is 149 Å². The van der Waals surface area contributed by atoms with E-state index in [0.717, 1.165) is 57.8 Å². The van der Waals surface area contributed by atoms with Gasteiger partial charge in [-0.15, -0.1) is 0 Å². The van der Waals surface area contributed by atoms with Crippen LogP contribution in [0.5, 0.6) is 0 Å². The van der Waals surface area contributed by atoms with E-state index < -0.39 is 90.3 Å². The lowest BCUT2D eigenvalue weighted by molar-refractivity contribution is -0.161. The third-order valence-electron chi connectivity index (χ3n) is 10.1. The third kappa shape index (κ3) is 31.5. The number of rotatable bonds is 38. The lowest BCUT2D eigenvalue weighted by Crippen LogP contribution is -2.29. The van der Waals surface area contributed by atoms with Crippen molar-refractivity contribution in [2.45, 2.75) is 173 Å². The van der Waals surface area contributed by atoms with Crippen LogP contribution in [-0.2, 0) is 46.6 Å². The second-order valence-corrected chi connectivity index (χ2v) is 18.5. The summed E-state index contributed by atoms with van der Waals surface area (Å²) in [4.78, 5) is 65.5. The van der Waals surface area contributed by atoms with Gasteiger partial charge in [0, 0.05) is 31.1 Å². The van der Waals surface area contributed by atoms with Crippen LogP contribution in [0.3, 0.4) is 0 Å². The smallest absolute Gasteiger partial charge is 0.462 e. The number of unbranched alkanes of at least 4 members (excludes halogenated alkanes) is 12. The number of hydrogen-bond donors (Lipinski definition) is 6. The summed E-state index contributed by atoms with van der Waals surface area (Å²) in [6.07, 6.45) is 27.5. The number of phosphoric ester groups is 2. The van der Waals surface area contributed by atoms with Gasteiger partial charge >= 0.3 is 27.6 Å². The molecule has 0 heterocycles. The van der Waals surface area contributed by atoms with E-state index in [1.54, 1.807) is 12.2 Å². The van der Waals surface area contributed by atoms with E-state index in [2.05, 4.69) is 47.2 Å². The highest BCUT2D eigenvalue weighted by Gasteiger charge is 2.39. The van der Waals surface area contributed by atoms with Gasteiger partial charge in [0.2, 0.25) is 0 Å². The van der Waals surface area contributed by atoms with Gasteiger partial charge in [-0.25, -0.2) is 9.13 Å². The molecule has 0 bridgehead atoms. The highest BCUT2D eigenvalue weighted by Crippen LogP contribution is 2.44. The highest BCUT2D eigenvalue weighted by atomic mass is 31.2. The molecule has 0 aromatic heterocycles. The summed E-state index contributed by atoms with van der Waals surface area (Å²) in [7, 11) is -9.79. The van der Waals surface area contributed by atoms with Crippen LogP contribution in [0.15, 0.2) is 48.6 Å². The average molecular weight is 923 g/mol. The Hall–Kier alpha value is -2.33. The number of Topliss-reactive ketones (excluding diaryl/α,β-unsaturated/α-hetero) is 1. The predicted octanol–water partition coefficient (Wildman–Crippen LogP) is 8.04. The zero-order valence-corrected chi connectivity index (χ0v) is 38.7. The minimum atomic E-state index is -4.90. The molecular formula is C44H76O16P2. The lowest BCUT2D eigenvalue weighted by atomic mass is 9.90. The number of esters is 2. The Labute approximate surface area is 369 Å². The van der Waals surface area contributed by atoms with Gasteiger partial charge < -0.3 is 39.5 Å². The molecule has 16 nitrogen and oxygen atoms in total. The van der Waals surface area contributed by atoms with Gasteiger partial charge in [-0.1, -0.05) is 120 Å². The number of hydrogen-bond acceptors (Lipinski definition) is 13. The second-order valence-electron chi connectivity index (χ2n) is 15.8. The summed E-state index contributed by atoms with van der Waals surface area (Å²) in [5.74, 6) is -2.13. The largest absolute Gasteiger partial charge is 0.472 e. The van der Waals surface area contributed by atoms with E-state index in [1.807, 2.05) is 12.2 Å². The summed E-state index contributed by atoms with van der Waals surface area (Å²) in [6, 6.07) is 0. The number of aliphatic hydroxyl groups excluding tert-OH is 3. The minimum Gasteiger partial charge on any atom is -0.462 e. The molecule has 0 saturated heterocycles. The maximum Gasteiger partial charge on any atom is 0.472 e. The standard InChI is InChI=1S/C44H76O16P2/c1-3-5-7-8-9-10-11-12-13-14-15-16-17-18-23-27-43(49)56-34-38(35-59-62(54,55)58-33-37(46)32-57-61(51,52)53)60-44(50)28-24-20-19-22-26-39-40(42(48)31-41(39)47)30-29-36(45)25-21-6-4-2/h10-13,19,22,29-30,36-40,42,45-46,48H,3-9,14-18,20-21,23-28,31-35H2,1-2H3,(H,54,55)(H2,51,52,53)/b11-10-,13-12-,22-19-,30-29+/t36-,37-,38+,39+,40+,42+/m0/s1. The summed E-state index contributed by atoms with van der Waals surface area (Å²) < 4.78 is 47.7. The van der Waals surface area contributed by atoms with Crippen LogP contribution in [0, 0.1) is 11.8 Å². The van der Waals surface area contributed by atoms with Crippen molar-refractivity contribution in [1.82, 2.24) is 0 Å². The Morgan fingerprint density at radius 3 is 1.97 bits per heavy atom. The van der Waals surface area contributed by atoms with Crippen molar-refractivity contribution < 1.29 is 76.6 Å². The quantitative estimate of drug-likeness (QED) is 0.0113. The van der Waals surface area contributed by atoms with Gasteiger partial charge in [0.05, 0.1) is 32.0 Å². The zero-order valence-electron chi connectivity index (χ0n) is 36.9. The minimum absolute atomic E-state index is 0.0514. The third-order valence-corrected chi connectivity index (χ3v) is 11.5. The number of ketones is 1. The van der Waals surface area contributed by atoms with E-state index in [9.17, 15) is 43.7 Å². The molecular weight excluding hydrogens is 846 g/mol. The van der Waals surface area contributed by atoms with E-state index in [0.29, 0.717) is 32.1 Å². The van der Waals surface area contributed by atoms with Crippen molar-refractivity contribution in [2.24, 2.45) is 11.8 Å². The van der Waals surface area contributed by atoms with Crippen LogP contribution in [0.25, 0.3) is 0 Å². The molecule has 0 aromatic carbocycles. The fourth-order valence-corrected chi connectivity index (χ4v) is 7.71. The monoisotopic (exact) mass is 922 g/mol. The van der Waals surface area contributed by atoms with E-state index in [4.69, 9.17) is 23.8 Å². The molecule has 0 spiro atoms. The second kappa shape index (κ2) is 35.0. The first-order valence-corrected chi connectivity index (χ1v) is 25.5. The first-order valence-electron chi connectivity index (χ1n) is 22.5. The fraction of sp³-hybridized carbons (Fsp3) is 0.750. The number of phosphoric acid groups is 2. The van der Waals surface area contributed by atoms with Gasteiger partial charge in [0.1, 0.15) is 18.5 Å². The predicted molar refractivity (Wildman–Crippen MR) is 235 cm³/mol. The Bertz CT molecular complexity index is 1440. The van der Waals surface area contributed by atoms with Crippen LogP contribution in [0.2, 0.25) is 0 Å². The van der Waals surface area contributed by atoms with Gasteiger partial charge in [-0.3, -0.25) is 28.0 Å². The van der Waals surface area contributed by atoms with Gasteiger partial charge in [0.25, 0.3) is 0 Å². The summed E-state index contributed by atoms with van der Waals surface area (Å²) in [5.41, 5.74) is 0. The first-order chi connectivity index (χ1) is 29.6. The molecule has 6 N–H and O–H groups in total. The van der Waals surface area contributed by atoms with Crippen LogP contribution >= 0.6 is 15.6 Å². The van der Waals surface area contributed by atoms with Crippen molar-refractivity contribution in [1.29, 1.82) is 0 Å². The number of carbonyl (C=O) groups is 3. The molecule has 0 amide bonds. The number of ether oxygens (including phenoxy) is 2. The molecule has 1 rings (SSSR count). The van der Waals surface area contributed by atoms with Crippen molar-refractivity contribution in [3.05, 3.63) is 48.6 Å². The number of aliphatic hydroxyl groups is 3. The van der Waals surface area contributed by atoms with E-state index >= 15 is 0 Å². The highest BCUT2D eigenvalue weighted by molar-refractivity contribution is 7.47. The fourth-order valence-electron chi connectivity index (χ4n) is 6.55. The van der Waals surface area contributed by atoms with Crippen LogP contribution in [-0.4, -0.2) is 98.6 Å². The van der Waals surface area contributed by atoms with Crippen molar-refractivity contribution >= 4 is 33.4 Å². The molecule has 62 heavy (non-hydrogen) atoms. The Morgan fingerprint density at radius 1 is 0.710 bits per heavy atom. The molecule has 18 heteroatoms. The van der Waals surface area contributed by atoms with Crippen LogP contribution in [0.4, 0.5) is 0 Å². The molecule has 1 aliphatic carbocycles. The molecule has 7 atom stereocenters. The lowest BCUT2D eigenvalue weighted by Gasteiger charge is -2.20. The maximum atomic E-state index is 12.8. The van der Waals surface area contributed by atoms with Crippen molar-refractivity contribution in [3.63, 3.8) is 0 Å². The number of allylic oxidation sites excluding steroid dienone is 6. The molecule has 0 aromatic rings. The SMILES string of the molecule is CCCCCC/C=C\C=C/CCCCCCCC(=O)OC[C@H](COP(=O)(O)OC[C@@H](O)COP(=O)(O)O)OC(=O)CCC/C=C\C[C@H]1C(=O)C[C@@H](O)[C@@H]1/C=C/[C@@H](O)CCCCC. The van der Waals surface area contributed by atoms with E-state index in [1.165, 1.54) is 25.7 Å². The normalized spacial score (nSPS) is 19.8. The Kier molecular flexibility index (Phi) is 32.6. The molecule has 358 valence electrons. The summed E-state index contributed by atoms with van der Waals surface area (Å²) in [6.45, 7) is 1.30. The molecule has 1 saturated carbocycles. The van der Waals surface area contributed by atoms with Gasteiger partial charge in [0.15, 0.2) is 6.10 Å². The van der Waals surface area contributed by atoms with Gasteiger partial charge in [-0.05, 0) is 57.8 Å². The Balaban J connectivity index is 2.59. The number of carbonyl (C=O) groups excluding carboxylic acids is 3. The van der Waals surface area contributed by atoms with Crippen LogP contribution < -0.4 is 0 Å². The summed E-state index contributed by atoms with van der Waals surface area (Å²) in [5, 5.41) is 30.5. The van der Waals surface area contributed by atoms with Crippen molar-refractivity contribution in [2.75, 3.05) is 26.4 Å². The van der Waals surface area contributed by atoms with E-state index in [-0.39, 0.29) is 25.0 Å². The zero-order chi connectivity index (χ0) is 46.1. The molecule has 1 aliphatic rings. The topological polar surface area (TPSA) is 253 Å². The molecule has 0 aliphatic heterocycles. The summed E-state index contributed by atoms with van der Waals surface area (Å²) >= 11 is 0. The molecule has 0 radical (unpaired) electrons. The molecule has 1 unspecified atom stereocenters. The Morgan fingerprint density at radius 2 is 1.29 bits per heavy atom. The van der Waals surface area contributed by atoms with Gasteiger partial charge in [-0.2, -0.15) is 0 Å². The average Bonchev–Trinajstić information content (AvgIpc) is 3.49.